The summed E-state index contributed by atoms with van der Waals surface area (Å²) in [7, 11) is 0. The van der Waals surface area contributed by atoms with E-state index >= 15 is 0 Å². The number of carbonyl (C=O) groups excluding carboxylic acids is 1. The Balaban J connectivity index is 1.87. The van der Waals surface area contributed by atoms with E-state index in [0.29, 0.717) is 21.6 Å². The summed E-state index contributed by atoms with van der Waals surface area (Å²) in [6.07, 6.45) is 0. The summed E-state index contributed by atoms with van der Waals surface area (Å²) in [6.45, 7) is 4.21. The van der Waals surface area contributed by atoms with Crippen LogP contribution in [0.25, 0.3) is 11.0 Å². The van der Waals surface area contributed by atoms with Crippen molar-refractivity contribution in [1.82, 2.24) is 14.9 Å². The number of nitrogens with zero attached hydrogens (tertiary/aromatic N) is 2. The molecule has 0 bridgehead atoms. The Morgan fingerprint density at radius 2 is 2.00 bits per heavy atom. The smallest absolute Gasteiger partial charge is 0.240 e. The van der Waals surface area contributed by atoms with Gasteiger partial charge in [0.2, 0.25) is 5.91 Å². The van der Waals surface area contributed by atoms with Crippen LogP contribution >= 0.6 is 23.2 Å². The Labute approximate surface area is 161 Å². The highest BCUT2D eigenvalue weighted by atomic mass is 35.5. The van der Waals surface area contributed by atoms with E-state index in [4.69, 9.17) is 27.9 Å². The number of para-hydroxylation sites is 2. The van der Waals surface area contributed by atoms with Gasteiger partial charge in [-0.25, -0.2) is 4.98 Å². The summed E-state index contributed by atoms with van der Waals surface area (Å²) >= 11 is 12.1. The molecule has 3 rings (SSSR count). The van der Waals surface area contributed by atoms with Crippen LogP contribution in [0.3, 0.4) is 0 Å². The van der Waals surface area contributed by atoms with Crippen LogP contribution in [0.15, 0.2) is 42.5 Å². The summed E-state index contributed by atoms with van der Waals surface area (Å²) in [4.78, 5) is 16.8. The molecule has 0 aliphatic carbocycles. The fourth-order valence-corrected chi connectivity index (χ4v) is 3.12. The number of benzene rings is 2. The number of ether oxygens (including phenoxy) is 1. The molecular formula is C19H19Cl2N3O2. The monoisotopic (exact) mass is 391 g/mol. The Bertz CT molecular complexity index is 938. The van der Waals surface area contributed by atoms with E-state index in [1.165, 1.54) is 0 Å². The summed E-state index contributed by atoms with van der Waals surface area (Å²) in [5.41, 5.74) is 1.69. The minimum atomic E-state index is -0.0751. The molecule has 0 radical (unpaired) electrons. The molecule has 3 aromatic rings. The van der Waals surface area contributed by atoms with Crippen LogP contribution in [0.1, 0.15) is 19.7 Å². The maximum Gasteiger partial charge on any atom is 0.240 e. The lowest BCUT2D eigenvalue weighted by Gasteiger charge is -2.13. The lowest BCUT2D eigenvalue weighted by Crippen LogP contribution is -2.33. The fraction of sp³-hybridized carbons (Fsp3) is 0.263. The highest BCUT2D eigenvalue weighted by molar-refractivity contribution is 6.35. The largest absolute Gasteiger partial charge is 0.484 e. The predicted octanol–water partition coefficient (Wildman–Crippen LogP) is 4.45. The predicted molar refractivity (Wildman–Crippen MR) is 104 cm³/mol. The molecule has 0 atom stereocenters. The zero-order valence-electron chi connectivity index (χ0n) is 14.5. The Kier molecular flexibility index (Phi) is 5.69. The van der Waals surface area contributed by atoms with Gasteiger partial charge in [0.15, 0.2) is 0 Å². The van der Waals surface area contributed by atoms with Crippen LogP contribution in [-0.2, 0) is 17.9 Å². The topological polar surface area (TPSA) is 56.2 Å². The Morgan fingerprint density at radius 1 is 1.23 bits per heavy atom. The van der Waals surface area contributed by atoms with Gasteiger partial charge in [-0.15, -0.1) is 0 Å². The fourth-order valence-electron chi connectivity index (χ4n) is 2.66. The molecule has 1 aromatic heterocycles. The average Bonchev–Trinajstić information content (AvgIpc) is 2.91. The van der Waals surface area contributed by atoms with Crippen LogP contribution in [0.4, 0.5) is 0 Å². The van der Waals surface area contributed by atoms with Crippen LogP contribution in [0.2, 0.25) is 10.0 Å². The van der Waals surface area contributed by atoms with Gasteiger partial charge in [-0.2, -0.15) is 0 Å². The van der Waals surface area contributed by atoms with E-state index in [1.54, 1.807) is 18.2 Å². The summed E-state index contributed by atoms with van der Waals surface area (Å²) < 4.78 is 7.66. The molecule has 2 aromatic carbocycles. The van der Waals surface area contributed by atoms with Crippen molar-refractivity contribution >= 4 is 40.1 Å². The zero-order chi connectivity index (χ0) is 18.7. The molecule has 1 amide bonds. The quantitative estimate of drug-likeness (QED) is 0.675. The number of halogens is 2. The molecule has 0 saturated heterocycles. The molecule has 136 valence electrons. The van der Waals surface area contributed by atoms with Crippen molar-refractivity contribution in [1.29, 1.82) is 0 Å². The van der Waals surface area contributed by atoms with Gasteiger partial charge in [0.25, 0.3) is 0 Å². The maximum absolute atomic E-state index is 12.2. The second kappa shape index (κ2) is 7.98. The molecule has 0 spiro atoms. The van der Waals surface area contributed by atoms with E-state index in [9.17, 15) is 4.79 Å². The molecule has 1 N–H and O–H groups in total. The molecule has 26 heavy (non-hydrogen) atoms. The number of carbonyl (C=O) groups is 1. The van der Waals surface area contributed by atoms with Crippen LogP contribution in [-0.4, -0.2) is 21.5 Å². The maximum atomic E-state index is 12.2. The minimum Gasteiger partial charge on any atom is -0.484 e. The van der Waals surface area contributed by atoms with E-state index in [-0.39, 0.29) is 25.1 Å². The van der Waals surface area contributed by atoms with Crippen molar-refractivity contribution in [3.8, 4) is 5.75 Å². The number of hydrogen-bond acceptors (Lipinski definition) is 3. The lowest BCUT2D eigenvalue weighted by molar-refractivity contribution is -0.122. The molecular weight excluding hydrogens is 373 g/mol. The summed E-state index contributed by atoms with van der Waals surface area (Å²) in [6, 6.07) is 12.8. The van der Waals surface area contributed by atoms with E-state index < -0.39 is 0 Å². The van der Waals surface area contributed by atoms with Gasteiger partial charge < -0.3 is 14.6 Å². The van der Waals surface area contributed by atoms with E-state index in [0.717, 1.165) is 11.0 Å². The van der Waals surface area contributed by atoms with Gasteiger partial charge in [-0.1, -0.05) is 35.3 Å². The van der Waals surface area contributed by atoms with Crippen LogP contribution in [0, 0.1) is 0 Å². The second-order valence-electron chi connectivity index (χ2n) is 6.19. The Morgan fingerprint density at radius 3 is 2.73 bits per heavy atom. The molecule has 0 saturated carbocycles. The third-order valence-electron chi connectivity index (χ3n) is 3.74. The second-order valence-corrected chi connectivity index (χ2v) is 7.03. The van der Waals surface area contributed by atoms with E-state index in [1.807, 2.05) is 42.7 Å². The number of amides is 1. The minimum absolute atomic E-state index is 0.0739. The van der Waals surface area contributed by atoms with Gasteiger partial charge in [0.1, 0.15) is 24.7 Å². The highest BCUT2D eigenvalue weighted by Crippen LogP contribution is 2.28. The third kappa shape index (κ3) is 4.29. The number of rotatable bonds is 6. The molecule has 7 heteroatoms. The average molecular weight is 392 g/mol. The molecule has 0 fully saturated rings. The summed E-state index contributed by atoms with van der Waals surface area (Å²) in [5, 5.41) is 3.87. The first-order valence-corrected chi connectivity index (χ1v) is 9.01. The van der Waals surface area contributed by atoms with Crippen molar-refractivity contribution in [2.75, 3.05) is 0 Å². The molecule has 0 aliphatic rings. The third-order valence-corrected chi connectivity index (χ3v) is 4.27. The number of nitrogens with one attached hydrogen (secondary N) is 1. The first-order valence-electron chi connectivity index (χ1n) is 8.25. The zero-order valence-corrected chi connectivity index (χ0v) is 16.0. The molecule has 0 unspecified atom stereocenters. The van der Waals surface area contributed by atoms with Crippen LogP contribution in [0.5, 0.6) is 5.75 Å². The van der Waals surface area contributed by atoms with Gasteiger partial charge >= 0.3 is 0 Å². The number of imidazole rings is 1. The first kappa shape index (κ1) is 18.5. The first-order chi connectivity index (χ1) is 12.4. The lowest BCUT2D eigenvalue weighted by atomic mass is 10.3. The van der Waals surface area contributed by atoms with E-state index in [2.05, 4.69) is 10.3 Å². The molecule has 5 nitrogen and oxygen atoms in total. The van der Waals surface area contributed by atoms with Gasteiger partial charge in [-0.05, 0) is 44.2 Å². The summed E-state index contributed by atoms with van der Waals surface area (Å²) in [5.74, 6) is 1.09. The number of fused-ring (bicyclic) bond motifs is 1. The van der Waals surface area contributed by atoms with Crippen molar-refractivity contribution in [2.24, 2.45) is 0 Å². The van der Waals surface area contributed by atoms with Gasteiger partial charge in [0, 0.05) is 11.1 Å². The van der Waals surface area contributed by atoms with Crippen molar-refractivity contribution in [2.45, 2.75) is 33.0 Å². The highest BCUT2D eigenvalue weighted by Gasteiger charge is 2.15. The Hall–Kier alpha value is -2.24. The number of hydrogen-bond donors (Lipinski definition) is 1. The van der Waals surface area contributed by atoms with Crippen molar-refractivity contribution in [3.63, 3.8) is 0 Å². The van der Waals surface area contributed by atoms with Gasteiger partial charge in [-0.3, -0.25) is 4.79 Å². The SMILES string of the molecule is CC(C)NC(=O)Cn1c(COc2ccc(Cl)cc2Cl)nc2ccccc21. The molecule has 0 aliphatic heterocycles. The van der Waals surface area contributed by atoms with Crippen molar-refractivity contribution in [3.05, 3.63) is 58.3 Å². The van der Waals surface area contributed by atoms with Gasteiger partial charge in [0.05, 0.1) is 16.1 Å². The normalized spacial score (nSPS) is 11.1. The molecule has 1 heterocycles. The van der Waals surface area contributed by atoms with Crippen LogP contribution < -0.4 is 10.1 Å². The van der Waals surface area contributed by atoms with Crippen molar-refractivity contribution < 1.29 is 9.53 Å². The number of aromatic nitrogens is 2. The standard InChI is InChI=1S/C19H19Cl2N3O2/c1-12(2)22-19(25)10-24-16-6-4-3-5-15(16)23-18(24)11-26-17-8-7-13(20)9-14(17)21/h3-9,12H,10-11H2,1-2H3,(H,22,25).